The molecule has 1 saturated carbocycles. The Bertz CT molecular complexity index is 600. The molecule has 0 radical (unpaired) electrons. The number of H-pyrrole nitrogens is 1. The lowest BCUT2D eigenvalue weighted by Crippen LogP contribution is -2.27. The van der Waals surface area contributed by atoms with Gasteiger partial charge in [0.2, 0.25) is 0 Å². The maximum Gasteiger partial charge on any atom is 0.407 e. The van der Waals surface area contributed by atoms with Crippen LogP contribution in [0.5, 0.6) is 0 Å². The quantitative estimate of drug-likeness (QED) is 0.902. The molecule has 2 N–H and O–H groups in total. The fraction of sp³-hybridized carbons (Fsp3) is 0.286. The average Bonchev–Trinajstić information content (AvgIpc) is 2.99. The van der Waals surface area contributed by atoms with Crippen molar-refractivity contribution in [2.45, 2.75) is 25.0 Å². The first kappa shape index (κ1) is 13.2. The van der Waals surface area contributed by atoms with Crippen LogP contribution >= 0.6 is 15.9 Å². The number of benzene rings is 1. The van der Waals surface area contributed by atoms with E-state index < -0.39 is 0 Å². The van der Waals surface area contributed by atoms with Crippen molar-refractivity contribution in [2.75, 3.05) is 0 Å². The molecule has 2 atom stereocenters. The van der Waals surface area contributed by atoms with Gasteiger partial charge >= 0.3 is 6.09 Å². The van der Waals surface area contributed by atoms with Gasteiger partial charge in [0.1, 0.15) is 6.61 Å². The molecule has 1 aromatic heterocycles. The van der Waals surface area contributed by atoms with Gasteiger partial charge < -0.3 is 15.0 Å². The molecule has 104 valence electrons. The molecule has 1 aliphatic carbocycles. The van der Waals surface area contributed by atoms with Gasteiger partial charge in [-0.1, -0.05) is 34.1 Å². The van der Waals surface area contributed by atoms with Gasteiger partial charge in [-0.25, -0.2) is 9.78 Å². The maximum atomic E-state index is 11.7. The number of aromatic amines is 1. The number of rotatable bonds is 4. The Balaban J connectivity index is 1.46. The number of nitrogens with zero attached hydrogens (tertiary/aromatic N) is 1. The van der Waals surface area contributed by atoms with Crippen molar-refractivity contribution < 1.29 is 9.53 Å². The SMILES string of the molecule is O=C(NC1CC1c1cnc[nH]1)OCc1ccccc1Br. The zero-order chi connectivity index (χ0) is 13.9. The summed E-state index contributed by atoms with van der Waals surface area (Å²) in [6.07, 6.45) is 3.98. The van der Waals surface area contributed by atoms with Gasteiger partial charge in [-0.2, -0.15) is 0 Å². The number of imidazole rings is 1. The van der Waals surface area contributed by atoms with Crippen molar-refractivity contribution >= 4 is 22.0 Å². The number of aromatic nitrogens is 2. The van der Waals surface area contributed by atoms with Gasteiger partial charge in [0.15, 0.2) is 0 Å². The Morgan fingerprint density at radius 2 is 2.35 bits per heavy atom. The minimum Gasteiger partial charge on any atom is -0.445 e. The number of hydrogen-bond donors (Lipinski definition) is 2. The highest BCUT2D eigenvalue weighted by Gasteiger charge is 2.40. The first-order chi connectivity index (χ1) is 9.74. The largest absolute Gasteiger partial charge is 0.445 e. The minimum atomic E-state index is -0.382. The Kier molecular flexibility index (Phi) is 3.73. The van der Waals surface area contributed by atoms with Gasteiger partial charge in [0.05, 0.1) is 6.33 Å². The van der Waals surface area contributed by atoms with Crippen LogP contribution in [0.15, 0.2) is 41.3 Å². The highest BCUT2D eigenvalue weighted by atomic mass is 79.9. The third kappa shape index (κ3) is 3.01. The number of carbonyl (C=O) groups is 1. The maximum absolute atomic E-state index is 11.7. The van der Waals surface area contributed by atoms with Crippen LogP contribution < -0.4 is 5.32 Å². The molecule has 1 aromatic carbocycles. The van der Waals surface area contributed by atoms with Crippen molar-refractivity contribution in [3.63, 3.8) is 0 Å². The zero-order valence-electron chi connectivity index (χ0n) is 10.7. The Hall–Kier alpha value is -1.82. The number of hydrogen-bond acceptors (Lipinski definition) is 3. The van der Waals surface area contributed by atoms with Crippen molar-refractivity contribution in [2.24, 2.45) is 0 Å². The van der Waals surface area contributed by atoms with E-state index in [0.717, 1.165) is 22.2 Å². The molecule has 0 bridgehead atoms. The normalized spacial score (nSPS) is 20.4. The van der Waals surface area contributed by atoms with E-state index in [1.54, 1.807) is 12.5 Å². The molecule has 5 nitrogen and oxygen atoms in total. The summed E-state index contributed by atoms with van der Waals surface area (Å²) in [5, 5.41) is 2.86. The fourth-order valence-electron chi connectivity index (χ4n) is 2.12. The second kappa shape index (κ2) is 5.66. The van der Waals surface area contributed by atoms with E-state index in [0.29, 0.717) is 5.92 Å². The Morgan fingerprint density at radius 3 is 3.10 bits per heavy atom. The van der Waals surface area contributed by atoms with E-state index in [9.17, 15) is 4.79 Å². The zero-order valence-corrected chi connectivity index (χ0v) is 12.3. The summed E-state index contributed by atoms with van der Waals surface area (Å²) < 4.78 is 6.16. The van der Waals surface area contributed by atoms with Gasteiger partial charge in [0, 0.05) is 33.9 Å². The minimum absolute atomic E-state index is 0.141. The van der Waals surface area contributed by atoms with Crippen molar-refractivity contribution in [3.8, 4) is 0 Å². The van der Waals surface area contributed by atoms with E-state index in [-0.39, 0.29) is 18.7 Å². The molecule has 3 rings (SSSR count). The number of carbonyl (C=O) groups excluding carboxylic acids is 1. The van der Waals surface area contributed by atoms with Crippen molar-refractivity contribution in [1.82, 2.24) is 15.3 Å². The number of ether oxygens (including phenoxy) is 1. The van der Waals surface area contributed by atoms with Crippen molar-refractivity contribution in [3.05, 3.63) is 52.5 Å². The van der Waals surface area contributed by atoms with Crippen LogP contribution in [0.1, 0.15) is 23.6 Å². The number of amides is 1. The Morgan fingerprint density at radius 1 is 1.50 bits per heavy atom. The van der Waals surface area contributed by atoms with E-state index in [4.69, 9.17) is 4.74 Å². The van der Waals surface area contributed by atoms with Crippen LogP contribution in [0.3, 0.4) is 0 Å². The summed E-state index contributed by atoms with van der Waals surface area (Å²) in [5.74, 6) is 0.327. The fourth-order valence-corrected chi connectivity index (χ4v) is 2.52. The molecule has 0 saturated heterocycles. The van der Waals surface area contributed by atoms with Gasteiger partial charge in [-0.05, 0) is 12.5 Å². The second-order valence-electron chi connectivity index (χ2n) is 4.77. The van der Waals surface area contributed by atoms with E-state index in [1.165, 1.54) is 0 Å². The summed E-state index contributed by atoms with van der Waals surface area (Å²) in [6, 6.07) is 7.82. The number of nitrogens with one attached hydrogen (secondary N) is 2. The summed E-state index contributed by atoms with van der Waals surface area (Å²) >= 11 is 3.42. The standard InChI is InChI=1S/C14H14BrN3O2/c15-11-4-2-1-3-9(11)7-20-14(19)18-12-5-10(12)13-6-16-8-17-13/h1-4,6,8,10,12H,5,7H2,(H,16,17)(H,18,19). The predicted octanol–water partition coefficient (Wildman–Crippen LogP) is 2.95. The lowest BCUT2D eigenvalue weighted by Gasteiger charge is -2.07. The summed E-state index contributed by atoms with van der Waals surface area (Å²) in [6.45, 7) is 0.259. The topological polar surface area (TPSA) is 67.0 Å². The third-order valence-electron chi connectivity index (χ3n) is 3.33. The molecule has 1 heterocycles. The molecule has 0 aliphatic heterocycles. The van der Waals surface area contributed by atoms with Gasteiger partial charge in [-0.15, -0.1) is 0 Å². The molecule has 2 unspecified atom stereocenters. The lowest BCUT2D eigenvalue weighted by molar-refractivity contribution is 0.138. The monoisotopic (exact) mass is 335 g/mol. The van der Waals surface area contributed by atoms with Crippen LogP contribution in [0.2, 0.25) is 0 Å². The second-order valence-corrected chi connectivity index (χ2v) is 5.62. The number of alkyl carbamates (subject to hydrolysis) is 1. The molecule has 6 heteroatoms. The predicted molar refractivity (Wildman–Crippen MR) is 77.2 cm³/mol. The van der Waals surface area contributed by atoms with Gasteiger partial charge in [-0.3, -0.25) is 0 Å². The smallest absolute Gasteiger partial charge is 0.407 e. The van der Waals surface area contributed by atoms with Crippen LogP contribution in [0, 0.1) is 0 Å². The highest BCUT2D eigenvalue weighted by molar-refractivity contribution is 9.10. The van der Waals surface area contributed by atoms with Crippen LogP contribution in [-0.4, -0.2) is 22.1 Å². The first-order valence-electron chi connectivity index (χ1n) is 6.39. The summed E-state index contributed by atoms with van der Waals surface area (Å²) in [5.41, 5.74) is 2.00. The highest BCUT2D eigenvalue weighted by Crippen LogP contribution is 2.39. The average molecular weight is 336 g/mol. The van der Waals surface area contributed by atoms with Crippen LogP contribution in [0.4, 0.5) is 4.79 Å². The molecular weight excluding hydrogens is 322 g/mol. The molecule has 0 spiro atoms. The molecule has 1 aliphatic rings. The molecule has 2 aromatic rings. The van der Waals surface area contributed by atoms with E-state index in [2.05, 4.69) is 31.2 Å². The number of halogens is 1. The third-order valence-corrected chi connectivity index (χ3v) is 4.10. The summed E-state index contributed by atoms with van der Waals surface area (Å²) in [7, 11) is 0. The first-order valence-corrected chi connectivity index (χ1v) is 7.18. The Labute approximate surface area is 124 Å². The van der Waals surface area contributed by atoms with Crippen LogP contribution in [-0.2, 0) is 11.3 Å². The van der Waals surface area contributed by atoms with Gasteiger partial charge in [0.25, 0.3) is 0 Å². The van der Waals surface area contributed by atoms with Crippen molar-refractivity contribution in [1.29, 1.82) is 0 Å². The molecule has 20 heavy (non-hydrogen) atoms. The summed E-state index contributed by atoms with van der Waals surface area (Å²) in [4.78, 5) is 18.8. The molecule has 1 amide bonds. The van der Waals surface area contributed by atoms with E-state index >= 15 is 0 Å². The van der Waals surface area contributed by atoms with E-state index in [1.807, 2.05) is 24.3 Å². The van der Waals surface area contributed by atoms with Crippen LogP contribution in [0.25, 0.3) is 0 Å². The molecular formula is C14H14BrN3O2. The lowest BCUT2D eigenvalue weighted by atomic mass is 10.2. The molecule has 1 fully saturated rings.